The number of anilines is 1. The van der Waals surface area contributed by atoms with Crippen molar-refractivity contribution in [1.82, 2.24) is 9.47 Å². The largest absolute Gasteiger partial charge is 0.378 e. The zero-order valence-corrected chi connectivity index (χ0v) is 22.6. The van der Waals surface area contributed by atoms with E-state index in [0.717, 1.165) is 69.8 Å². The minimum atomic E-state index is -0.238. The topological polar surface area (TPSA) is 54.8 Å². The molecule has 6 nitrogen and oxygen atoms in total. The average molecular weight is 599 g/mol. The normalized spacial score (nSPS) is 17.6. The molecule has 0 atom stereocenters. The number of carbonyl (C=O) groups is 2. The number of hydrogen-bond acceptors (Lipinski definition) is 5. The highest BCUT2D eigenvalue weighted by molar-refractivity contribution is 14.1. The molecule has 2 aliphatic rings. The number of carbonyl (C=O) groups excluding carboxylic acids is 2. The van der Waals surface area contributed by atoms with E-state index in [1.54, 1.807) is 0 Å². The zero-order valence-electron chi connectivity index (χ0n) is 19.7. The maximum Gasteiger partial charge on any atom is 0.293 e. The van der Waals surface area contributed by atoms with Gasteiger partial charge in [-0.3, -0.25) is 14.5 Å². The van der Waals surface area contributed by atoms with Crippen LogP contribution >= 0.6 is 34.4 Å². The summed E-state index contributed by atoms with van der Waals surface area (Å²) in [6.45, 7) is 7.72. The van der Waals surface area contributed by atoms with Crippen molar-refractivity contribution in [3.63, 3.8) is 0 Å². The molecule has 2 fully saturated rings. The van der Waals surface area contributed by atoms with Crippen LogP contribution in [0.4, 0.5) is 10.5 Å². The number of hydrogen-bond donors (Lipinski definition) is 0. The van der Waals surface area contributed by atoms with Crippen LogP contribution in [-0.4, -0.2) is 46.9 Å². The van der Waals surface area contributed by atoms with E-state index in [-0.39, 0.29) is 17.7 Å². The number of ether oxygens (including phenoxy) is 1. The molecule has 5 rings (SSSR count). The first-order valence-corrected chi connectivity index (χ1v) is 13.4. The molecule has 0 saturated carbocycles. The molecule has 0 spiro atoms. The third-order valence-electron chi connectivity index (χ3n) is 6.37. The quantitative estimate of drug-likeness (QED) is 0.276. The first-order valence-electron chi connectivity index (χ1n) is 11.5. The van der Waals surface area contributed by atoms with E-state index >= 15 is 0 Å². The van der Waals surface area contributed by atoms with E-state index in [1.807, 2.05) is 37.3 Å². The van der Waals surface area contributed by atoms with Gasteiger partial charge in [0.25, 0.3) is 11.1 Å². The van der Waals surface area contributed by atoms with Crippen molar-refractivity contribution in [2.24, 2.45) is 0 Å². The summed E-state index contributed by atoms with van der Waals surface area (Å²) >= 11 is 3.25. The van der Waals surface area contributed by atoms with Crippen LogP contribution in [0.5, 0.6) is 0 Å². The molecule has 0 aliphatic carbocycles. The van der Waals surface area contributed by atoms with Crippen molar-refractivity contribution in [3.8, 4) is 5.69 Å². The number of halogens is 1. The Labute approximate surface area is 223 Å². The van der Waals surface area contributed by atoms with Crippen molar-refractivity contribution in [3.05, 3.63) is 85.6 Å². The second-order valence-corrected chi connectivity index (χ2v) is 10.9. The molecule has 0 radical (unpaired) electrons. The van der Waals surface area contributed by atoms with Crippen LogP contribution < -0.4 is 4.90 Å². The highest BCUT2D eigenvalue weighted by Gasteiger charge is 2.35. The van der Waals surface area contributed by atoms with Crippen LogP contribution in [0, 0.1) is 17.4 Å². The van der Waals surface area contributed by atoms with Gasteiger partial charge in [0.2, 0.25) is 0 Å². The molecule has 2 aliphatic heterocycles. The molecule has 0 unspecified atom stereocenters. The maximum absolute atomic E-state index is 13.0. The van der Waals surface area contributed by atoms with Gasteiger partial charge in [-0.1, -0.05) is 12.1 Å². The number of nitrogens with zero attached hydrogens (tertiary/aromatic N) is 3. The molecule has 0 N–H and O–H groups in total. The van der Waals surface area contributed by atoms with Crippen LogP contribution in [-0.2, 0) is 16.1 Å². The number of imide groups is 1. The lowest BCUT2D eigenvalue weighted by molar-refractivity contribution is -0.123. The monoisotopic (exact) mass is 599 g/mol. The highest BCUT2D eigenvalue weighted by Crippen LogP contribution is 2.35. The van der Waals surface area contributed by atoms with Gasteiger partial charge in [0.1, 0.15) is 0 Å². The Morgan fingerprint density at radius 1 is 0.971 bits per heavy atom. The van der Waals surface area contributed by atoms with Crippen molar-refractivity contribution in [2.75, 3.05) is 31.2 Å². The van der Waals surface area contributed by atoms with Crippen LogP contribution in [0.15, 0.2) is 59.5 Å². The molecule has 35 heavy (non-hydrogen) atoms. The Hall–Kier alpha value is -2.56. The second kappa shape index (κ2) is 10.2. The van der Waals surface area contributed by atoms with E-state index in [9.17, 15) is 9.59 Å². The SMILES string of the molecule is Cc1cc(/C=C2\SC(=O)N(Cc3ccc(I)cc3)C2=O)c(C)n1-c1ccc(N2CCOCC2)cc1. The molecule has 2 aromatic carbocycles. The predicted octanol–water partition coefficient (Wildman–Crippen LogP) is 5.77. The Morgan fingerprint density at radius 3 is 2.31 bits per heavy atom. The lowest BCUT2D eigenvalue weighted by atomic mass is 10.2. The van der Waals surface area contributed by atoms with Gasteiger partial charge < -0.3 is 14.2 Å². The van der Waals surface area contributed by atoms with Gasteiger partial charge in [0.05, 0.1) is 24.7 Å². The summed E-state index contributed by atoms with van der Waals surface area (Å²) in [6, 6.07) is 18.5. The van der Waals surface area contributed by atoms with Crippen LogP contribution in [0.2, 0.25) is 0 Å². The number of rotatable bonds is 5. The molecular formula is C27H26IN3O3S. The minimum Gasteiger partial charge on any atom is -0.378 e. The van der Waals surface area contributed by atoms with Crippen LogP contribution in [0.3, 0.4) is 0 Å². The predicted molar refractivity (Wildman–Crippen MR) is 149 cm³/mol. The first kappa shape index (κ1) is 24.1. The molecule has 8 heteroatoms. The fourth-order valence-electron chi connectivity index (χ4n) is 4.52. The highest BCUT2D eigenvalue weighted by atomic mass is 127. The zero-order chi connectivity index (χ0) is 24.5. The molecule has 1 aromatic heterocycles. The number of morpholine rings is 1. The van der Waals surface area contributed by atoms with Gasteiger partial charge >= 0.3 is 0 Å². The number of aromatic nitrogens is 1. The second-order valence-electron chi connectivity index (χ2n) is 8.67. The smallest absolute Gasteiger partial charge is 0.293 e. The summed E-state index contributed by atoms with van der Waals surface area (Å²) < 4.78 is 8.76. The van der Waals surface area contributed by atoms with Gasteiger partial charge in [-0.2, -0.15) is 0 Å². The molecule has 0 bridgehead atoms. The summed E-state index contributed by atoms with van der Waals surface area (Å²) in [4.78, 5) is 29.8. The summed E-state index contributed by atoms with van der Waals surface area (Å²) in [6.07, 6.45) is 1.85. The van der Waals surface area contributed by atoms with Crippen LogP contribution in [0.25, 0.3) is 11.8 Å². The number of aryl methyl sites for hydroxylation is 1. The molecule has 2 saturated heterocycles. The van der Waals surface area contributed by atoms with Gasteiger partial charge in [-0.15, -0.1) is 0 Å². The summed E-state index contributed by atoms with van der Waals surface area (Å²) in [5.41, 5.74) is 6.26. The van der Waals surface area contributed by atoms with Gasteiger partial charge in [0, 0.05) is 39.4 Å². The summed E-state index contributed by atoms with van der Waals surface area (Å²) in [5, 5.41) is -0.229. The molecular weight excluding hydrogens is 573 g/mol. The van der Waals surface area contributed by atoms with Crippen molar-refractivity contribution in [1.29, 1.82) is 0 Å². The Bertz CT molecular complexity index is 1290. The van der Waals surface area contributed by atoms with Gasteiger partial charge in [0.15, 0.2) is 0 Å². The van der Waals surface area contributed by atoms with Crippen molar-refractivity contribution in [2.45, 2.75) is 20.4 Å². The third kappa shape index (κ3) is 5.05. The molecule has 3 heterocycles. The average Bonchev–Trinajstić information content (AvgIpc) is 3.30. The molecule has 180 valence electrons. The standard InChI is InChI=1S/C27H26IN3O3S/c1-18-15-21(16-25-26(32)30(27(33)35-25)17-20-3-5-22(28)6-4-20)19(2)31(18)24-9-7-23(8-10-24)29-11-13-34-14-12-29/h3-10,15-16H,11-14,17H2,1-2H3/b25-16-. The van der Waals surface area contributed by atoms with E-state index in [0.29, 0.717) is 4.91 Å². The van der Waals surface area contributed by atoms with E-state index in [4.69, 9.17) is 4.74 Å². The summed E-state index contributed by atoms with van der Waals surface area (Å²) in [5.74, 6) is -0.238. The number of benzene rings is 2. The fraction of sp³-hybridized carbons (Fsp3) is 0.259. The molecule has 2 amide bonds. The minimum absolute atomic E-state index is 0.229. The van der Waals surface area contributed by atoms with E-state index in [1.165, 1.54) is 10.6 Å². The molecule has 3 aromatic rings. The van der Waals surface area contributed by atoms with Gasteiger partial charge in [-0.05, 0) is 108 Å². The van der Waals surface area contributed by atoms with E-state index < -0.39 is 0 Å². The lowest BCUT2D eigenvalue weighted by Gasteiger charge is -2.29. The maximum atomic E-state index is 13.0. The summed E-state index contributed by atoms with van der Waals surface area (Å²) in [7, 11) is 0. The Morgan fingerprint density at radius 2 is 1.63 bits per heavy atom. The first-order chi connectivity index (χ1) is 16.9. The van der Waals surface area contributed by atoms with E-state index in [2.05, 4.69) is 69.3 Å². The number of amides is 2. The number of thioether (sulfide) groups is 1. The van der Waals surface area contributed by atoms with Crippen LogP contribution in [0.1, 0.15) is 22.5 Å². The Balaban J connectivity index is 1.36. The van der Waals surface area contributed by atoms with Crippen molar-refractivity contribution < 1.29 is 14.3 Å². The third-order valence-corrected chi connectivity index (χ3v) is 8.00. The lowest BCUT2D eigenvalue weighted by Crippen LogP contribution is -2.36. The Kier molecular flexibility index (Phi) is 7.04. The van der Waals surface area contributed by atoms with Gasteiger partial charge in [-0.25, -0.2) is 0 Å². The van der Waals surface area contributed by atoms with Crippen molar-refractivity contribution >= 4 is 57.3 Å². The fourth-order valence-corrected chi connectivity index (χ4v) is 5.70.